The quantitative estimate of drug-likeness (QED) is 0.639. The first-order chi connectivity index (χ1) is 9.30. The summed E-state index contributed by atoms with van der Waals surface area (Å²) < 4.78 is 5.27. The first-order valence-corrected chi connectivity index (χ1v) is 6.48. The molecule has 1 unspecified atom stereocenters. The molecule has 100 valence electrons. The average Bonchev–Trinajstić information content (AvgIpc) is 2.49. The zero-order chi connectivity index (χ0) is 13.7. The van der Waals surface area contributed by atoms with Crippen LogP contribution in [0.25, 0.3) is 0 Å². The van der Waals surface area contributed by atoms with Crippen molar-refractivity contribution in [3.05, 3.63) is 65.2 Å². The van der Waals surface area contributed by atoms with Crippen molar-refractivity contribution in [3.8, 4) is 5.75 Å². The van der Waals surface area contributed by atoms with Crippen LogP contribution in [-0.2, 0) is 6.42 Å². The molecular weight excluding hydrogens is 236 g/mol. The molecule has 19 heavy (non-hydrogen) atoms. The highest BCUT2D eigenvalue weighted by molar-refractivity contribution is 5.40. The molecule has 0 bridgehead atoms. The molecule has 0 aliphatic rings. The number of nitrogens with two attached hydrogens (primary N) is 1. The molecule has 2 aromatic rings. The summed E-state index contributed by atoms with van der Waals surface area (Å²) in [6.07, 6.45) is 0.984. The fourth-order valence-corrected chi connectivity index (χ4v) is 2.32. The van der Waals surface area contributed by atoms with Crippen LogP contribution in [-0.4, -0.2) is 7.11 Å². The van der Waals surface area contributed by atoms with E-state index in [0.29, 0.717) is 0 Å². The van der Waals surface area contributed by atoms with Gasteiger partial charge in [-0.05, 0) is 35.2 Å². The predicted molar refractivity (Wildman–Crippen MR) is 78.0 cm³/mol. The van der Waals surface area contributed by atoms with E-state index in [4.69, 9.17) is 10.6 Å². The fourth-order valence-electron chi connectivity index (χ4n) is 2.32. The molecule has 0 fully saturated rings. The van der Waals surface area contributed by atoms with Crippen LogP contribution in [0.1, 0.15) is 29.7 Å². The fraction of sp³-hybridized carbons (Fsp3) is 0.250. The van der Waals surface area contributed by atoms with Gasteiger partial charge in [0.25, 0.3) is 0 Å². The maximum absolute atomic E-state index is 5.76. The van der Waals surface area contributed by atoms with E-state index in [1.807, 2.05) is 24.3 Å². The average molecular weight is 256 g/mol. The lowest BCUT2D eigenvalue weighted by molar-refractivity contribution is 0.413. The third-order valence-corrected chi connectivity index (χ3v) is 3.34. The van der Waals surface area contributed by atoms with Crippen molar-refractivity contribution in [2.45, 2.75) is 19.4 Å². The van der Waals surface area contributed by atoms with Gasteiger partial charge >= 0.3 is 0 Å². The molecule has 1 atom stereocenters. The Morgan fingerprint density at radius 2 is 1.95 bits per heavy atom. The Morgan fingerprint density at radius 3 is 2.63 bits per heavy atom. The smallest absolute Gasteiger partial charge is 0.119 e. The Labute approximate surface area is 114 Å². The van der Waals surface area contributed by atoms with Crippen LogP contribution >= 0.6 is 0 Å². The number of aryl methyl sites for hydroxylation is 1. The Morgan fingerprint density at radius 1 is 1.16 bits per heavy atom. The summed E-state index contributed by atoms with van der Waals surface area (Å²) in [7, 11) is 1.67. The largest absolute Gasteiger partial charge is 0.497 e. The number of rotatable bonds is 5. The maximum atomic E-state index is 5.76. The van der Waals surface area contributed by atoms with Gasteiger partial charge in [-0.25, -0.2) is 5.43 Å². The van der Waals surface area contributed by atoms with E-state index in [1.165, 1.54) is 11.1 Å². The molecule has 0 saturated heterocycles. The van der Waals surface area contributed by atoms with E-state index in [1.54, 1.807) is 7.11 Å². The van der Waals surface area contributed by atoms with Gasteiger partial charge in [0.2, 0.25) is 0 Å². The number of ether oxygens (including phenoxy) is 1. The molecule has 3 heteroatoms. The van der Waals surface area contributed by atoms with E-state index < -0.39 is 0 Å². The van der Waals surface area contributed by atoms with Gasteiger partial charge in [0.1, 0.15) is 5.75 Å². The Kier molecular flexibility index (Phi) is 4.55. The number of hydrazine groups is 1. The van der Waals surface area contributed by atoms with Crippen LogP contribution in [0.4, 0.5) is 0 Å². The van der Waals surface area contributed by atoms with Gasteiger partial charge in [0.15, 0.2) is 0 Å². The first-order valence-electron chi connectivity index (χ1n) is 6.48. The normalized spacial score (nSPS) is 12.2. The molecule has 0 amide bonds. The maximum Gasteiger partial charge on any atom is 0.119 e. The van der Waals surface area contributed by atoms with E-state index in [0.717, 1.165) is 17.7 Å². The summed E-state index contributed by atoms with van der Waals surface area (Å²) in [6, 6.07) is 16.3. The molecule has 0 aliphatic carbocycles. The summed E-state index contributed by atoms with van der Waals surface area (Å²) in [5.74, 6) is 6.60. The lowest BCUT2D eigenvalue weighted by Crippen LogP contribution is -2.29. The molecule has 3 nitrogen and oxygen atoms in total. The van der Waals surface area contributed by atoms with Gasteiger partial charge in [-0.2, -0.15) is 0 Å². The van der Waals surface area contributed by atoms with Crippen molar-refractivity contribution in [2.24, 2.45) is 5.84 Å². The molecule has 0 heterocycles. The second-order valence-electron chi connectivity index (χ2n) is 4.43. The molecule has 0 radical (unpaired) electrons. The third kappa shape index (κ3) is 2.95. The standard InChI is InChI=1S/C16H20N2O/c1-3-12-7-4-5-10-15(12)16(18-17)13-8-6-9-14(11-13)19-2/h4-11,16,18H,3,17H2,1-2H3. The van der Waals surface area contributed by atoms with Gasteiger partial charge in [0, 0.05) is 0 Å². The minimum absolute atomic E-state index is 0.0220. The molecule has 0 saturated carbocycles. The number of nitrogens with one attached hydrogen (secondary N) is 1. The van der Waals surface area contributed by atoms with Crippen LogP contribution in [0.5, 0.6) is 5.75 Å². The molecule has 2 rings (SSSR count). The van der Waals surface area contributed by atoms with Gasteiger partial charge in [-0.1, -0.05) is 43.3 Å². The topological polar surface area (TPSA) is 47.3 Å². The molecule has 2 aromatic carbocycles. The van der Waals surface area contributed by atoms with Crippen molar-refractivity contribution in [3.63, 3.8) is 0 Å². The summed E-state index contributed by atoms with van der Waals surface area (Å²) >= 11 is 0. The monoisotopic (exact) mass is 256 g/mol. The van der Waals surface area contributed by atoms with E-state index in [-0.39, 0.29) is 6.04 Å². The zero-order valence-electron chi connectivity index (χ0n) is 11.4. The molecule has 0 aliphatic heterocycles. The minimum Gasteiger partial charge on any atom is -0.497 e. The minimum atomic E-state index is -0.0220. The number of hydrogen-bond acceptors (Lipinski definition) is 3. The van der Waals surface area contributed by atoms with Gasteiger partial charge in [-0.15, -0.1) is 0 Å². The summed E-state index contributed by atoms with van der Waals surface area (Å²) in [4.78, 5) is 0. The first kappa shape index (κ1) is 13.6. The lowest BCUT2D eigenvalue weighted by Gasteiger charge is -2.20. The second-order valence-corrected chi connectivity index (χ2v) is 4.43. The van der Waals surface area contributed by atoms with Crippen molar-refractivity contribution < 1.29 is 4.74 Å². The SMILES string of the molecule is CCc1ccccc1C(NN)c1cccc(OC)c1. The van der Waals surface area contributed by atoms with Crippen LogP contribution in [0.3, 0.4) is 0 Å². The predicted octanol–water partition coefficient (Wildman–Crippen LogP) is 2.81. The second kappa shape index (κ2) is 6.36. The van der Waals surface area contributed by atoms with Crippen LogP contribution in [0, 0.1) is 0 Å². The molecule has 0 aromatic heterocycles. The van der Waals surface area contributed by atoms with Crippen molar-refractivity contribution in [1.82, 2.24) is 5.43 Å². The van der Waals surface area contributed by atoms with E-state index >= 15 is 0 Å². The highest BCUT2D eigenvalue weighted by Crippen LogP contribution is 2.27. The Balaban J connectivity index is 2.43. The number of benzene rings is 2. The highest BCUT2D eigenvalue weighted by atomic mass is 16.5. The number of methoxy groups -OCH3 is 1. The van der Waals surface area contributed by atoms with E-state index in [9.17, 15) is 0 Å². The summed E-state index contributed by atoms with van der Waals surface area (Å²) in [6.45, 7) is 2.15. The molecular formula is C16H20N2O. The summed E-state index contributed by atoms with van der Waals surface area (Å²) in [5, 5.41) is 0. The lowest BCUT2D eigenvalue weighted by atomic mass is 9.94. The van der Waals surface area contributed by atoms with Crippen LogP contribution in [0.2, 0.25) is 0 Å². The van der Waals surface area contributed by atoms with Crippen molar-refractivity contribution in [2.75, 3.05) is 7.11 Å². The molecule has 0 spiro atoms. The van der Waals surface area contributed by atoms with Crippen LogP contribution < -0.4 is 16.0 Å². The van der Waals surface area contributed by atoms with Gasteiger partial charge in [-0.3, -0.25) is 5.84 Å². The third-order valence-electron chi connectivity index (χ3n) is 3.34. The zero-order valence-corrected chi connectivity index (χ0v) is 11.4. The molecule has 3 N–H and O–H groups in total. The van der Waals surface area contributed by atoms with Gasteiger partial charge < -0.3 is 4.74 Å². The number of hydrogen-bond donors (Lipinski definition) is 2. The van der Waals surface area contributed by atoms with Crippen molar-refractivity contribution in [1.29, 1.82) is 0 Å². The Hall–Kier alpha value is -1.84. The summed E-state index contributed by atoms with van der Waals surface area (Å²) in [5.41, 5.74) is 6.51. The van der Waals surface area contributed by atoms with Crippen LogP contribution in [0.15, 0.2) is 48.5 Å². The van der Waals surface area contributed by atoms with Crippen molar-refractivity contribution >= 4 is 0 Å². The Bertz CT molecular complexity index is 540. The van der Waals surface area contributed by atoms with Gasteiger partial charge in [0.05, 0.1) is 13.2 Å². The highest BCUT2D eigenvalue weighted by Gasteiger charge is 2.15. The van der Waals surface area contributed by atoms with E-state index in [2.05, 4.69) is 36.6 Å².